The molecule has 0 aromatic carbocycles. The number of unbranched alkanes of at least 4 members (excludes halogenated alkanes) is 1. The van der Waals surface area contributed by atoms with Gasteiger partial charge in [0.25, 0.3) is 0 Å². The highest BCUT2D eigenvalue weighted by molar-refractivity contribution is 5.25. The summed E-state index contributed by atoms with van der Waals surface area (Å²) in [7, 11) is 0. The first-order valence-electron chi connectivity index (χ1n) is 4.50. The van der Waals surface area contributed by atoms with Crippen LogP contribution in [-0.4, -0.2) is 23.3 Å². The molecule has 0 radical (unpaired) electrons. The third-order valence-corrected chi connectivity index (χ3v) is 1.77. The molecule has 0 aliphatic rings. The molecule has 0 unspecified atom stereocenters. The lowest BCUT2D eigenvalue weighted by molar-refractivity contribution is 0.252. The normalized spacial score (nSPS) is 10.0. The number of rotatable bonds is 5. The predicted molar refractivity (Wildman–Crippen MR) is 50.8 cm³/mol. The van der Waals surface area contributed by atoms with Gasteiger partial charge in [-0.1, -0.05) is 0 Å². The van der Waals surface area contributed by atoms with Crippen LogP contribution in [0.15, 0.2) is 18.3 Å². The van der Waals surface area contributed by atoms with Crippen LogP contribution in [-0.2, 0) is 0 Å². The summed E-state index contributed by atoms with van der Waals surface area (Å²) in [4.78, 5) is 4.10. The third kappa shape index (κ3) is 3.42. The number of hydrogen-bond acceptors (Lipinski definition) is 3. The second-order valence-electron chi connectivity index (χ2n) is 2.87. The lowest BCUT2D eigenvalue weighted by atomic mass is 10.3. The van der Waals surface area contributed by atoms with E-state index in [1.165, 1.54) is 0 Å². The van der Waals surface area contributed by atoms with Gasteiger partial charge in [-0.3, -0.25) is 4.98 Å². The molecule has 0 saturated carbocycles. The molecule has 0 saturated heterocycles. The number of hydrogen-bond donors (Lipinski definition) is 1. The number of ether oxygens (including phenoxy) is 1. The van der Waals surface area contributed by atoms with Gasteiger partial charge in [-0.05, 0) is 31.9 Å². The van der Waals surface area contributed by atoms with Crippen molar-refractivity contribution in [2.24, 2.45) is 0 Å². The van der Waals surface area contributed by atoms with E-state index in [4.69, 9.17) is 9.84 Å². The maximum atomic E-state index is 8.55. The van der Waals surface area contributed by atoms with Crippen molar-refractivity contribution in [1.29, 1.82) is 0 Å². The minimum absolute atomic E-state index is 0.232. The molecule has 72 valence electrons. The van der Waals surface area contributed by atoms with Crippen molar-refractivity contribution >= 4 is 0 Å². The Morgan fingerprint density at radius 3 is 3.00 bits per heavy atom. The minimum atomic E-state index is 0.232. The Morgan fingerprint density at radius 1 is 1.46 bits per heavy atom. The third-order valence-electron chi connectivity index (χ3n) is 1.77. The van der Waals surface area contributed by atoms with Crippen molar-refractivity contribution in [2.75, 3.05) is 13.2 Å². The van der Waals surface area contributed by atoms with Gasteiger partial charge in [0.1, 0.15) is 5.75 Å². The van der Waals surface area contributed by atoms with Crippen molar-refractivity contribution in [1.82, 2.24) is 4.98 Å². The van der Waals surface area contributed by atoms with Crippen molar-refractivity contribution in [3.05, 3.63) is 24.0 Å². The van der Waals surface area contributed by atoms with Crippen LogP contribution in [0.2, 0.25) is 0 Å². The van der Waals surface area contributed by atoms with Gasteiger partial charge in [-0.15, -0.1) is 0 Å². The second-order valence-corrected chi connectivity index (χ2v) is 2.87. The number of nitrogens with zero attached hydrogens (tertiary/aromatic N) is 1. The van der Waals surface area contributed by atoms with E-state index in [1.54, 1.807) is 6.20 Å². The SMILES string of the molecule is Cc1ncccc1OCCCCO. The Balaban J connectivity index is 2.32. The van der Waals surface area contributed by atoms with Crippen LogP contribution in [0.3, 0.4) is 0 Å². The van der Waals surface area contributed by atoms with Crippen molar-refractivity contribution in [3.63, 3.8) is 0 Å². The molecule has 3 heteroatoms. The zero-order chi connectivity index (χ0) is 9.52. The second kappa shape index (κ2) is 5.54. The van der Waals surface area contributed by atoms with Gasteiger partial charge in [-0.2, -0.15) is 0 Å². The maximum absolute atomic E-state index is 8.55. The maximum Gasteiger partial charge on any atom is 0.140 e. The number of aromatic nitrogens is 1. The fourth-order valence-corrected chi connectivity index (χ4v) is 1.02. The summed E-state index contributed by atoms with van der Waals surface area (Å²) in [5, 5.41) is 8.55. The van der Waals surface area contributed by atoms with Crippen LogP contribution in [0.25, 0.3) is 0 Å². The van der Waals surface area contributed by atoms with E-state index in [1.807, 2.05) is 19.1 Å². The monoisotopic (exact) mass is 181 g/mol. The summed E-state index contributed by atoms with van der Waals surface area (Å²) in [6, 6.07) is 3.76. The Kier molecular flexibility index (Phi) is 4.26. The van der Waals surface area contributed by atoms with Crippen LogP contribution in [0.1, 0.15) is 18.5 Å². The Hall–Kier alpha value is -1.09. The summed E-state index contributed by atoms with van der Waals surface area (Å²) in [6.07, 6.45) is 3.42. The first-order valence-corrected chi connectivity index (χ1v) is 4.50. The van der Waals surface area contributed by atoms with Gasteiger partial charge in [0.2, 0.25) is 0 Å². The molecule has 3 nitrogen and oxygen atoms in total. The van der Waals surface area contributed by atoms with Crippen molar-refractivity contribution in [2.45, 2.75) is 19.8 Å². The molecule has 0 fully saturated rings. The Morgan fingerprint density at radius 2 is 2.31 bits per heavy atom. The van der Waals surface area contributed by atoms with E-state index in [9.17, 15) is 0 Å². The molecule has 1 N–H and O–H groups in total. The Bertz CT molecular complexity index is 250. The zero-order valence-electron chi connectivity index (χ0n) is 7.86. The molecule has 0 atom stereocenters. The van der Waals surface area contributed by atoms with Gasteiger partial charge in [0, 0.05) is 12.8 Å². The van der Waals surface area contributed by atoms with Crippen LogP contribution < -0.4 is 4.74 Å². The van der Waals surface area contributed by atoms with Gasteiger partial charge in [0.05, 0.1) is 12.3 Å². The first-order chi connectivity index (χ1) is 6.34. The highest BCUT2D eigenvalue weighted by Gasteiger charge is 1.97. The topological polar surface area (TPSA) is 42.4 Å². The van der Waals surface area contributed by atoms with Gasteiger partial charge >= 0.3 is 0 Å². The standard InChI is InChI=1S/C10H15NO2/c1-9-10(5-4-6-11-9)13-8-3-2-7-12/h4-6,12H,2-3,7-8H2,1H3. The molecule has 1 heterocycles. The molecule has 13 heavy (non-hydrogen) atoms. The molecular weight excluding hydrogens is 166 g/mol. The van der Waals surface area contributed by atoms with E-state index in [0.717, 1.165) is 24.3 Å². The molecule has 0 aliphatic heterocycles. The zero-order valence-corrected chi connectivity index (χ0v) is 7.86. The average molecular weight is 181 g/mol. The average Bonchev–Trinajstić information content (AvgIpc) is 2.15. The molecule has 0 amide bonds. The summed E-state index contributed by atoms with van der Waals surface area (Å²) in [5.74, 6) is 0.834. The lowest BCUT2D eigenvalue weighted by Crippen LogP contribution is -2.00. The van der Waals surface area contributed by atoms with E-state index in [0.29, 0.717) is 6.61 Å². The summed E-state index contributed by atoms with van der Waals surface area (Å²) < 4.78 is 5.47. The summed E-state index contributed by atoms with van der Waals surface area (Å²) >= 11 is 0. The predicted octanol–water partition coefficient (Wildman–Crippen LogP) is 1.54. The molecule has 0 spiro atoms. The quantitative estimate of drug-likeness (QED) is 0.701. The van der Waals surface area contributed by atoms with E-state index >= 15 is 0 Å². The van der Waals surface area contributed by atoms with Gasteiger partial charge in [-0.25, -0.2) is 0 Å². The van der Waals surface area contributed by atoms with Gasteiger partial charge < -0.3 is 9.84 Å². The number of pyridine rings is 1. The number of aliphatic hydroxyl groups excluding tert-OH is 1. The minimum Gasteiger partial charge on any atom is -0.492 e. The highest BCUT2D eigenvalue weighted by Crippen LogP contribution is 2.13. The smallest absolute Gasteiger partial charge is 0.140 e. The Labute approximate surface area is 78.4 Å². The number of aliphatic hydroxyl groups is 1. The van der Waals surface area contributed by atoms with Crippen LogP contribution in [0, 0.1) is 6.92 Å². The van der Waals surface area contributed by atoms with Gasteiger partial charge in [0.15, 0.2) is 0 Å². The van der Waals surface area contributed by atoms with E-state index in [2.05, 4.69) is 4.98 Å². The molecule has 1 aromatic heterocycles. The lowest BCUT2D eigenvalue weighted by Gasteiger charge is -2.06. The molecule has 0 bridgehead atoms. The van der Waals surface area contributed by atoms with Crippen LogP contribution in [0.5, 0.6) is 5.75 Å². The van der Waals surface area contributed by atoms with E-state index < -0.39 is 0 Å². The highest BCUT2D eigenvalue weighted by atomic mass is 16.5. The summed E-state index contributed by atoms with van der Waals surface area (Å²) in [6.45, 7) is 2.80. The molecular formula is C10H15NO2. The van der Waals surface area contributed by atoms with Crippen molar-refractivity contribution in [3.8, 4) is 5.75 Å². The summed E-state index contributed by atoms with van der Waals surface area (Å²) in [5.41, 5.74) is 0.909. The van der Waals surface area contributed by atoms with Crippen molar-refractivity contribution < 1.29 is 9.84 Å². The molecule has 1 aromatic rings. The molecule has 0 aliphatic carbocycles. The van der Waals surface area contributed by atoms with Crippen LogP contribution in [0.4, 0.5) is 0 Å². The van der Waals surface area contributed by atoms with Crippen LogP contribution >= 0.6 is 0 Å². The fourth-order valence-electron chi connectivity index (χ4n) is 1.02. The first kappa shape index (κ1) is 9.99. The largest absolute Gasteiger partial charge is 0.492 e. The fraction of sp³-hybridized carbons (Fsp3) is 0.500. The molecule has 1 rings (SSSR count). The number of aryl methyl sites for hydroxylation is 1. The van der Waals surface area contributed by atoms with E-state index in [-0.39, 0.29) is 6.61 Å².